The van der Waals surface area contributed by atoms with Gasteiger partial charge in [-0.1, -0.05) is 18.2 Å². The monoisotopic (exact) mass is 343 g/mol. The van der Waals surface area contributed by atoms with E-state index < -0.39 is 24.3 Å². The Bertz CT molecular complexity index is 760. The molecule has 130 valence electrons. The quantitative estimate of drug-likeness (QED) is 0.754. The summed E-state index contributed by atoms with van der Waals surface area (Å²) in [5.41, 5.74) is 0.633. The Morgan fingerprint density at radius 2 is 2.00 bits per heavy atom. The number of benzene rings is 1. The number of carbonyl (C=O) groups is 2. The summed E-state index contributed by atoms with van der Waals surface area (Å²) in [5, 5.41) is 5.71. The van der Waals surface area contributed by atoms with Gasteiger partial charge < -0.3 is 15.4 Å². The van der Waals surface area contributed by atoms with Gasteiger partial charge in [0.1, 0.15) is 11.6 Å². The number of hydrogen-bond acceptors (Lipinski definition) is 5. The molecule has 3 rings (SSSR count). The highest BCUT2D eigenvalue weighted by molar-refractivity contribution is 5.91. The van der Waals surface area contributed by atoms with Crippen molar-refractivity contribution in [3.8, 4) is 0 Å². The first-order valence-electron chi connectivity index (χ1n) is 8.01. The molecule has 2 aromatic rings. The van der Waals surface area contributed by atoms with E-state index in [-0.39, 0.29) is 12.1 Å². The first kappa shape index (κ1) is 16.9. The van der Waals surface area contributed by atoms with Crippen LogP contribution in [0.3, 0.4) is 0 Å². The van der Waals surface area contributed by atoms with Crippen molar-refractivity contribution in [1.82, 2.24) is 10.3 Å². The predicted molar refractivity (Wildman–Crippen MR) is 89.4 cm³/mol. The maximum Gasteiger partial charge on any atom is 0.340 e. The van der Waals surface area contributed by atoms with Crippen molar-refractivity contribution in [3.63, 3.8) is 0 Å². The van der Waals surface area contributed by atoms with Crippen molar-refractivity contribution in [2.24, 2.45) is 0 Å². The Labute approximate surface area is 144 Å². The third-order valence-electron chi connectivity index (χ3n) is 3.70. The van der Waals surface area contributed by atoms with Gasteiger partial charge in [-0.05, 0) is 31.0 Å². The average molecular weight is 343 g/mol. The summed E-state index contributed by atoms with van der Waals surface area (Å²) >= 11 is 0. The minimum absolute atomic E-state index is 0.0339. The lowest BCUT2D eigenvalue weighted by Crippen LogP contribution is -2.28. The summed E-state index contributed by atoms with van der Waals surface area (Å²) in [6.45, 7) is -0.401. The van der Waals surface area contributed by atoms with Crippen LogP contribution in [0.15, 0.2) is 42.6 Å². The van der Waals surface area contributed by atoms with Crippen LogP contribution in [0.25, 0.3) is 0 Å². The van der Waals surface area contributed by atoms with Gasteiger partial charge in [-0.15, -0.1) is 0 Å². The molecule has 0 spiro atoms. The zero-order valence-corrected chi connectivity index (χ0v) is 13.5. The summed E-state index contributed by atoms with van der Waals surface area (Å²) in [4.78, 5) is 27.7. The van der Waals surface area contributed by atoms with Crippen LogP contribution in [0.5, 0.6) is 0 Å². The van der Waals surface area contributed by atoms with Crippen LogP contribution in [0, 0.1) is 5.82 Å². The van der Waals surface area contributed by atoms with E-state index in [1.54, 1.807) is 30.3 Å². The van der Waals surface area contributed by atoms with Crippen LogP contribution in [0.1, 0.15) is 28.8 Å². The highest BCUT2D eigenvalue weighted by Crippen LogP contribution is 2.23. The molecule has 0 saturated heterocycles. The van der Waals surface area contributed by atoms with E-state index in [2.05, 4.69) is 15.6 Å². The SMILES string of the molecule is O=C(COC(=O)c1ccc(NC2CC2)nc1)NCc1ccccc1F. The topological polar surface area (TPSA) is 80.3 Å². The van der Waals surface area contributed by atoms with Gasteiger partial charge in [-0.3, -0.25) is 4.79 Å². The number of nitrogens with zero attached hydrogens (tertiary/aromatic N) is 1. The number of rotatable bonds is 7. The largest absolute Gasteiger partial charge is 0.452 e. The van der Waals surface area contributed by atoms with E-state index in [9.17, 15) is 14.0 Å². The van der Waals surface area contributed by atoms with E-state index in [0.717, 1.165) is 12.8 Å². The van der Waals surface area contributed by atoms with Crippen molar-refractivity contribution in [3.05, 3.63) is 59.5 Å². The summed E-state index contributed by atoms with van der Waals surface area (Å²) in [7, 11) is 0. The number of halogens is 1. The van der Waals surface area contributed by atoms with Crippen LogP contribution >= 0.6 is 0 Å². The van der Waals surface area contributed by atoms with Crippen molar-refractivity contribution in [2.45, 2.75) is 25.4 Å². The smallest absolute Gasteiger partial charge is 0.340 e. The van der Waals surface area contributed by atoms with E-state index in [4.69, 9.17) is 4.74 Å². The number of aromatic nitrogens is 1. The number of nitrogens with one attached hydrogen (secondary N) is 2. The summed E-state index contributed by atoms with van der Waals surface area (Å²) < 4.78 is 18.4. The average Bonchev–Trinajstić information content (AvgIpc) is 3.43. The molecule has 0 bridgehead atoms. The Hall–Kier alpha value is -2.96. The standard InChI is InChI=1S/C18H18FN3O3/c19-15-4-2-1-3-12(15)9-21-17(23)11-25-18(24)13-5-8-16(20-10-13)22-14-6-7-14/h1-5,8,10,14H,6-7,9,11H2,(H,20,22)(H,21,23). The molecule has 0 unspecified atom stereocenters. The lowest BCUT2D eigenvalue weighted by Gasteiger charge is -2.08. The van der Waals surface area contributed by atoms with Crippen molar-refractivity contribution in [2.75, 3.05) is 11.9 Å². The Balaban J connectivity index is 1.43. The van der Waals surface area contributed by atoms with Gasteiger partial charge in [0.05, 0.1) is 5.56 Å². The Morgan fingerprint density at radius 1 is 1.20 bits per heavy atom. The fourth-order valence-electron chi connectivity index (χ4n) is 2.14. The van der Waals surface area contributed by atoms with E-state index in [0.29, 0.717) is 17.4 Å². The molecule has 1 aliphatic rings. The normalized spacial score (nSPS) is 13.2. The molecule has 1 amide bonds. The number of amides is 1. The first-order chi connectivity index (χ1) is 12.1. The summed E-state index contributed by atoms with van der Waals surface area (Å²) in [6.07, 6.45) is 3.67. The summed E-state index contributed by atoms with van der Waals surface area (Å²) in [6, 6.07) is 9.91. The molecule has 1 fully saturated rings. The number of pyridine rings is 1. The molecular weight excluding hydrogens is 325 g/mol. The number of ether oxygens (including phenoxy) is 1. The van der Waals surface area contributed by atoms with Gasteiger partial charge in [0.15, 0.2) is 6.61 Å². The van der Waals surface area contributed by atoms with E-state index in [1.807, 2.05) is 0 Å². The van der Waals surface area contributed by atoms with Crippen molar-refractivity contribution >= 4 is 17.7 Å². The fourth-order valence-corrected chi connectivity index (χ4v) is 2.14. The maximum absolute atomic E-state index is 13.4. The Morgan fingerprint density at radius 3 is 2.68 bits per heavy atom. The third kappa shape index (κ3) is 5.00. The molecule has 1 heterocycles. The lowest BCUT2D eigenvalue weighted by molar-refractivity contribution is -0.124. The number of carbonyl (C=O) groups excluding carboxylic acids is 2. The number of hydrogen-bond donors (Lipinski definition) is 2. The highest BCUT2D eigenvalue weighted by Gasteiger charge is 2.21. The zero-order chi connectivity index (χ0) is 17.6. The third-order valence-corrected chi connectivity index (χ3v) is 3.70. The van der Waals surface area contributed by atoms with Gasteiger partial charge in [0.25, 0.3) is 5.91 Å². The van der Waals surface area contributed by atoms with E-state index in [1.165, 1.54) is 12.3 Å². The van der Waals surface area contributed by atoms with Crippen LogP contribution < -0.4 is 10.6 Å². The molecule has 0 aliphatic heterocycles. The minimum atomic E-state index is -0.633. The van der Waals surface area contributed by atoms with E-state index >= 15 is 0 Å². The minimum Gasteiger partial charge on any atom is -0.452 e. The molecule has 1 aliphatic carbocycles. The molecule has 0 atom stereocenters. The van der Waals surface area contributed by atoms with Crippen molar-refractivity contribution < 1.29 is 18.7 Å². The summed E-state index contributed by atoms with van der Waals surface area (Å²) in [5.74, 6) is -0.824. The molecule has 25 heavy (non-hydrogen) atoms. The second-order valence-corrected chi connectivity index (χ2v) is 5.79. The van der Waals surface area contributed by atoms with Gasteiger partial charge in [-0.2, -0.15) is 0 Å². The number of anilines is 1. The second-order valence-electron chi connectivity index (χ2n) is 5.79. The molecule has 1 saturated carbocycles. The molecule has 0 radical (unpaired) electrons. The second kappa shape index (κ2) is 7.74. The predicted octanol–water partition coefficient (Wildman–Crippen LogP) is 2.27. The molecule has 6 nitrogen and oxygen atoms in total. The van der Waals surface area contributed by atoms with Gasteiger partial charge >= 0.3 is 5.97 Å². The molecule has 1 aromatic heterocycles. The highest BCUT2D eigenvalue weighted by atomic mass is 19.1. The zero-order valence-electron chi connectivity index (χ0n) is 13.5. The van der Waals surface area contributed by atoms with Gasteiger partial charge in [0, 0.05) is 24.3 Å². The molecule has 1 aromatic carbocycles. The van der Waals surface area contributed by atoms with Crippen LogP contribution in [-0.2, 0) is 16.1 Å². The van der Waals surface area contributed by atoms with Crippen LogP contribution in [-0.4, -0.2) is 29.5 Å². The van der Waals surface area contributed by atoms with Crippen molar-refractivity contribution in [1.29, 1.82) is 0 Å². The first-order valence-corrected chi connectivity index (χ1v) is 8.01. The Kier molecular flexibility index (Phi) is 5.23. The molecular formula is C18H18FN3O3. The molecule has 7 heteroatoms. The molecule has 2 N–H and O–H groups in total. The van der Waals surface area contributed by atoms with Gasteiger partial charge in [-0.25, -0.2) is 14.2 Å². The van der Waals surface area contributed by atoms with Gasteiger partial charge in [0.2, 0.25) is 0 Å². The number of esters is 1. The maximum atomic E-state index is 13.4. The van der Waals surface area contributed by atoms with Crippen LogP contribution in [0.2, 0.25) is 0 Å². The van der Waals surface area contributed by atoms with Crippen LogP contribution in [0.4, 0.5) is 10.2 Å². The fraction of sp³-hybridized carbons (Fsp3) is 0.278. The lowest BCUT2D eigenvalue weighted by atomic mass is 10.2.